The van der Waals surface area contributed by atoms with Crippen LogP contribution in [0.15, 0.2) is 60.7 Å². The van der Waals surface area contributed by atoms with Crippen molar-refractivity contribution in [2.75, 3.05) is 0 Å². The smallest absolute Gasteiger partial charge is 0.406 e. The molecule has 2 aromatic carbocycles. The van der Waals surface area contributed by atoms with E-state index < -0.39 is 17.9 Å². The lowest BCUT2D eigenvalue weighted by Crippen LogP contribution is -2.17. The minimum atomic E-state index is -4.78. The second-order valence-electron chi connectivity index (χ2n) is 4.18. The van der Waals surface area contributed by atoms with Crippen LogP contribution >= 0.6 is 0 Å². The molecule has 21 heavy (non-hydrogen) atoms. The molecule has 2 rings (SSSR count). The fourth-order valence-corrected chi connectivity index (χ4v) is 1.68. The second-order valence-corrected chi connectivity index (χ2v) is 4.18. The zero-order valence-corrected chi connectivity index (χ0v) is 10.8. The van der Waals surface area contributed by atoms with Gasteiger partial charge in [0.15, 0.2) is 5.78 Å². The summed E-state index contributed by atoms with van der Waals surface area (Å²) in [5.41, 5.74) is 0.956. The highest BCUT2D eigenvalue weighted by Crippen LogP contribution is 2.23. The fraction of sp³-hybridized carbons (Fsp3) is 0.0625. The van der Waals surface area contributed by atoms with E-state index in [-0.39, 0.29) is 5.56 Å². The third-order valence-electron chi connectivity index (χ3n) is 2.58. The summed E-state index contributed by atoms with van der Waals surface area (Å²) in [6.07, 6.45) is -1.87. The highest BCUT2D eigenvalue weighted by atomic mass is 19.4. The minimum Gasteiger partial charge on any atom is -0.406 e. The number of ether oxygens (including phenoxy) is 1. The summed E-state index contributed by atoms with van der Waals surface area (Å²) in [5.74, 6) is -0.812. The van der Waals surface area contributed by atoms with Crippen LogP contribution in [0.1, 0.15) is 15.9 Å². The average Bonchev–Trinajstić information content (AvgIpc) is 2.44. The third kappa shape index (κ3) is 4.80. The van der Waals surface area contributed by atoms with E-state index in [0.717, 1.165) is 17.7 Å². The predicted octanol–water partition coefficient (Wildman–Crippen LogP) is 4.48. The number of hydrogen-bond donors (Lipinski definition) is 0. The lowest BCUT2D eigenvalue weighted by molar-refractivity contribution is -0.274. The van der Waals surface area contributed by atoms with E-state index in [2.05, 4.69) is 4.74 Å². The Morgan fingerprint density at radius 1 is 1.00 bits per heavy atom. The van der Waals surface area contributed by atoms with Crippen LogP contribution in [-0.2, 0) is 0 Å². The van der Waals surface area contributed by atoms with Crippen molar-refractivity contribution in [2.24, 2.45) is 0 Å². The number of carbonyl (C=O) groups excluding carboxylic acids is 1. The maximum Gasteiger partial charge on any atom is 0.573 e. The molecule has 0 N–H and O–H groups in total. The summed E-state index contributed by atoms with van der Waals surface area (Å²) in [6.45, 7) is 0. The standard InChI is InChI=1S/C16H11F3O2/c17-16(18,19)21-14-8-4-7-13(11-14)15(20)10-9-12-5-2-1-3-6-12/h1-11H/b10-9+. The Morgan fingerprint density at radius 2 is 1.71 bits per heavy atom. The number of rotatable bonds is 4. The first kappa shape index (κ1) is 14.8. The summed E-state index contributed by atoms with van der Waals surface area (Å²) in [7, 11) is 0. The second kappa shape index (κ2) is 6.26. The summed E-state index contributed by atoms with van der Waals surface area (Å²) in [6, 6.07) is 14.1. The van der Waals surface area contributed by atoms with Crippen molar-refractivity contribution in [1.29, 1.82) is 0 Å². The van der Waals surface area contributed by atoms with Gasteiger partial charge in [-0.05, 0) is 23.8 Å². The Morgan fingerprint density at radius 3 is 2.38 bits per heavy atom. The number of ketones is 1. The Labute approximate surface area is 119 Å². The molecule has 0 saturated heterocycles. The van der Waals surface area contributed by atoms with Crippen LogP contribution in [0.2, 0.25) is 0 Å². The maximum atomic E-state index is 12.1. The van der Waals surface area contributed by atoms with E-state index in [0.29, 0.717) is 0 Å². The van der Waals surface area contributed by atoms with E-state index in [4.69, 9.17) is 0 Å². The molecule has 0 aromatic heterocycles. The van der Waals surface area contributed by atoms with E-state index in [1.165, 1.54) is 18.2 Å². The van der Waals surface area contributed by atoms with Crippen LogP contribution in [0, 0.1) is 0 Å². The largest absolute Gasteiger partial charge is 0.573 e. The normalized spacial score (nSPS) is 11.6. The SMILES string of the molecule is O=C(/C=C/c1ccccc1)c1cccc(OC(F)(F)F)c1. The molecule has 0 radical (unpaired) electrons. The molecule has 108 valence electrons. The van der Waals surface area contributed by atoms with Crippen molar-refractivity contribution in [3.63, 3.8) is 0 Å². The summed E-state index contributed by atoms with van der Waals surface area (Å²) in [4.78, 5) is 11.9. The van der Waals surface area contributed by atoms with Gasteiger partial charge in [0.1, 0.15) is 5.75 Å². The molecule has 0 spiro atoms. The zero-order valence-electron chi connectivity index (χ0n) is 10.8. The van der Waals surface area contributed by atoms with Gasteiger partial charge >= 0.3 is 6.36 Å². The van der Waals surface area contributed by atoms with Gasteiger partial charge in [0.2, 0.25) is 0 Å². The molecule has 0 bridgehead atoms. The number of halogens is 3. The Balaban J connectivity index is 2.13. The van der Waals surface area contributed by atoms with Crippen molar-refractivity contribution in [1.82, 2.24) is 0 Å². The van der Waals surface area contributed by atoms with Crippen molar-refractivity contribution in [3.8, 4) is 5.75 Å². The molecule has 0 heterocycles. The first-order valence-electron chi connectivity index (χ1n) is 6.07. The van der Waals surface area contributed by atoms with Crippen LogP contribution in [0.5, 0.6) is 5.75 Å². The molecule has 5 heteroatoms. The number of allylic oxidation sites excluding steroid dienone is 1. The molecule has 0 aliphatic rings. The van der Waals surface area contributed by atoms with Crippen LogP contribution in [-0.4, -0.2) is 12.1 Å². The van der Waals surface area contributed by atoms with E-state index in [1.807, 2.05) is 30.3 Å². The fourth-order valence-electron chi connectivity index (χ4n) is 1.68. The number of hydrogen-bond acceptors (Lipinski definition) is 2. The predicted molar refractivity (Wildman–Crippen MR) is 72.9 cm³/mol. The molecule has 2 nitrogen and oxygen atoms in total. The molecule has 0 aliphatic carbocycles. The van der Waals surface area contributed by atoms with Crippen LogP contribution in [0.25, 0.3) is 6.08 Å². The quantitative estimate of drug-likeness (QED) is 0.613. The zero-order chi connectivity index (χ0) is 15.3. The van der Waals surface area contributed by atoms with E-state index >= 15 is 0 Å². The van der Waals surface area contributed by atoms with Gasteiger partial charge in [-0.1, -0.05) is 48.5 Å². The van der Waals surface area contributed by atoms with Crippen molar-refractivity contribution < 1.29 is 22.7 Å². The number of carbonyl (C=O) groups is 1. The summed E-state index contributed by atoms with van der Waals surface area (Å²) < 4.78 is 40.1. The number of benzene rings is 2. The summed E-state index contributed by atoms with van der Waals surface area (Å²) >= 11 is 0. The molecule has 0 aliphatic heterocycles. The van der Waals surface area contributed by atoms with Gasteiger partial charge in [0, 0.05) is 5.56 Å². The first-order chi connectivity index (χ1) is 9.94. The van der Waals surface area contributed by atoms with Gasteiger partial charge < -0.3 is 4.74 Å². The monoisotopic (exact) mass is 292 g/mol. The highest BCUT2D eigenvalue weighted by Gasteiger charge is 2.31. The molecule has 0 atom stereocenters. The molecular weight excluding hydrogens is 281 g/mol. The minimum absolute atomic E-state index is 0.129. The summed E-state index contributed by atoms with van der Waals surface area (Å²) in [5, 5.41) is 0. The molecule has 0 fully saturated rings. The van der Waals surface area contributed by atoms with Crippen LogP contribution in [0.3, 0.4) is 0 Å². The highest BCUT2D eigenvalue weighted by molar-refractivity contribution is 6.07. The Bertz CT molecular complexity index is 646. The van der Waals surface area contributed by atoms with Crippen molar-refractivity contribution in [3.05, 3.63) is 71.8 Å². The molecule has 0 saturated carbocycles. The van der Waals surface area contributed by atoms with Gasteiger partial charge in [-0.2, -0.15) is 0 Å². The van der Waals surface area contributed by atoms with Crippen molar-refractivity contribution in [2.45, 2.75) is 6.36 Å². The topological polar surface area (TPSA) is 26.3 Å². The Hall–Kier alpha value is -2.56. The number of alkyl halides is 3. The van der Waals surface area contributed by atoms with Gasteiger partial charge in [0.25, 0.3) is 0 Å². The van der Waals surface area contributed by atoms with Crippen LogP contribution in [0.4, 0.5) is 13.2 Å². The lowest BCUT2D eigenvalue weighted by Gasteiger charge is -2.09. The van der Waals surface area contributed by atoms with Gasteiger partial charge in [0.05, 0.1) is 0 Å². The first-order valence-corrected chi connectivity index (χ1v) is 6.07. The van der Waals surface area contributed by atoms with Gasteiger partial charge in [-0.3, -0.25) is 4.79 Å². The van der Waals surface area contributed by atoms with E-state index in [1.54, 1.807) is 6.08 Å². The van der Waals surface area contributed by atoms with Gasteiger partial charge in [-0.25, -0.2) is 0 Å². The maximum absolute atomic E-state index is 12.1. The third-order valence-corrected chi connectivity index (χ3v) is 2.58. The van der Waals surface area contributed by atoms with Crippen molar-refractivity contribution >= 4 is 11.9 Å². The average molecular weight is 292 g/mol. The van der Waals surface area contributed by atoms with E-state index in [9.17, 15) is 18.0 Å². The lowest BCUT2D eigenvalue weighted by atomic mass is 10.1. The Kier molecular flexibility index (Phi) is 4.42. The van der Waals surface area contributed by atoms with Crippen LogP contribution < -0.4 is 4.74 Å². The molecule has 0 unspecified atom stereocenters. The molecule has 0 amide bonds. The van der Waals surface area contributed by atoms with Gasteiger partial charge in [-0.15, -0.1) is 13.2 Å². The molecular formula is C16H11F3O2. The molecule has 2 aromatic rings.